The minimum Gasteiger partial charge on any atom is -0.444 e. The maximum absolute atomic E-state index is 11.4. The molecule has 1 rings (SSSR count). The molecule has 2 atom stereocenters. The van der Waals surface area contributed by atoms with Crippen LogP contribution in [0.25, 0.3) is 0 Å². The fourth-order valence-corrected chi connectivity index (χ4v) is 1.91. The Labute approximate surface area is 108 Å². The highest BCUT2D eigenvalue weighted by atomic mass is 16.6. The molecule has 0 aromatic rings. The third-order valence-electron chi connectivity index (χ3n) is 2.76. The molecule has 5 heteroatoms. The van der Waals surface area contributed by atoms with Crippen molar-refractivity contribution in [1.29, 1.82) is 0 Å². The number of ether oxygens (including phenoxy) is 2. The summed E-state index contributed by atoms with van der Waals surface area (Å²) in [6.45, 7) is 7.24. The van der Waals surface area contributed by atoms with Crippen molar-refractivity contribution < 1.29 is 19.1 Å². The van der Waals surface area contributed by atoms with Gasteiger partial charge in [-0.25, -0.2) is 4.79 Å². The van der Waals surface area contributed by atoms with Crippen molar-refractivity contribution in [3.8, 4) is 0 Å². The van der Waals surface area contributed by atoms with Crippen molar-refractivity contribution in [2.45, 2.75) is 39.2 Å². The van der Waals surface area contributed by atoms with Gasteiger partial charge in [0.05, 0.1) is 0 Å². The Kier molecular flexibility index (Phi) is 5.59. The average molecular weight is 257 g/mol. The molecule has 1 heterocycles. The van der Waals surface area contributed by atoms with E-state index in [0.29, 0.717) is 12.5 Å². The minimum absolute atomic E-state index is 0.163. The minimum atomic E-state index is -0.514. The zero-order valence-electron chi connectivity index (χ0n) is 11.4. The number of nitrogens with one attached hydrogen (secondary N) is 1. The Hall–Kier alpha value is -1.10. The summed E-state index contributed by atoms with van der Waals surface area (Å²) in [5, 5.41) is 2.63. The van der Waals surface area contributed by atoms with E-state index in [-0.39, 0.29) is 5.92 Å². The summed E-state index contributed by atoms with van der Waals surface area (Å²) in [5.74, 6) is 0.268. The van der Waals surface area contributed by atoms with Crippen molar-refractivity contribution in [3.05, 3.63) is 0 Å². The number of carbonyl (C=O) groups is 2. The summed E-state index contributed by atoms with van der Waals surface area (Å²) in [7, 11) is 0. The van der Waals surface area contributed by atoms with Gasteiger partial charge < -0.3 is 19.6 Å². The highest BCUT2D eigenvalue weighted by molar-refractivity contribution is 5.68. The Morgan fingerprint density at radius 2 is 2.28 bits per heavy atom. The monoisotopic (exact) mass is 257 g/mol. The molecular formula is C13H23NO4. The molecule has 0 bridgehead atoms. The van der Waals surface area contributed by atoms with E-state index in [0.717, 1.165) is 32.3 Å². The first-order valence-corrected chi connectivity index (χ1v) is 6.40. The lowest BCUT2D eigenvalue weighted by molar-refractivity contribution is -0.111. The number of hydrogen-bond acceptors (Lipinski definition) is 4. The van der Waals surface area contributed by atoms with Gasteiger partial charge in [0.1, 0.15) is 11.9 Å². The van der Waals surface area contributed by atoms with Crippen molar-refractivity contribution in [2.75, 3.05) is 19.8 Å². The first-order valence-electron chi connectivity index (χ1n) is 6.40. The fourth-order valence-electron chi connectivity index (χ4n) is 1.91. The van der Waals surface area contributed by atoms with Gasteiger partial charge in [-0.05, 0) is 39.5 Å². The molecule has 0 aliphatic carbocycles. The zero-order valence-corrected chi connectivity index (χ0v) is 11.4. The zero-order chi connectivity index (χ0) is 13.6. The molecule has 0 aromatic carbocycles. The number of alkyl carbamates (subject to hydrolysis) is 1. The van der Waals surface area contributed by atoms with E-state index in [1.165, 1.54) is 0 Å². The third-order valence-corrected chi connectivity index (χ3v) is 2.76. The van der Waals surface area contributed by atoms with Gasteiger partial charge in [-0.2, -0.15) is 0 Å². The summed E-state index contributed by atoms with van der Waals surface area (Å²) >= 11 is 0. The quantitative estimate of drug-likeness (QED) is 0.762. The van der Waals surface area contributed by atoms with Gasteiger partial charge in [0.2, 0.25) is 0 Å². The lowest BCUT2D eigenvalue weighted by Gasteiger charge is -2.21. The first-order chi connectivity index (χ1) is 8.40. The van der Waals surface area contributed by atoms with Gasteiger partial charge in [-0.3, -0.25) is 0 Å². The van der Waals surface area contributed by atoms with Gasteiger partial charge in [0, 0.05) is 25.7 Å². The molecule has 0 spiro atoms. The Morgan fingerprint density at radius 3 is 2.78 bits per heavy atom. The van der Waals surface area contributed by atoms with E-state index >= 15 is 0 Å². The van der Waals surface area contributed by atoms with E-state index < -0.39 is 11.7 Å². The molecule has 1 saturated heterocycles. The van der Waals surface area contributed by atoms with E-state index in [2.05, 4.69) is 5.32 Å². The van der Waals surface area contributed by atoms with Crippen LogP contribution in [0.3, 0.4) is 0 Å². The standard InChI is InChI=1S/C13H23NO4/c1-13(2,3)18-12(16)14-7-11(8-15)6-10-4-5-17-9-10/h8,10-11H,4-7,9H2,1-3H3,(H,14,16)/t10-,11-/m0/s1. The summed E-state index contributed by atoms with van der Waals surface area (Å²) in [4.78, 5) is 22.4. The molecule has 1 aliphatic heterocycles. The number of rotatable bonds is 5. The van der Waals surface area contributed by atoms with E-state index in [1.807, 2.05) is 0 Å². The smallest absolute Gasteiger partial charge is 0.407 e. The maximum atomic E-state index is 11.4. The SMILES string of the molecule is CC(C)(C)OC(=O)NC[C@@H](C=O)C[C@@H]1CCOC1. The molecule has 0 aromatic heterocycles. The number of aldehydes is 1. The molecule has 1 amide bonds. The van der Waals surface area contributed by atoms with Gasteiger partial charge >= 0.3 is 6.09 Å². The predicted molar refractivity (Wildman–Crippen MR) is 67.3 cm³/mol. The van der Waals surface area contributed by atoms with Crippen LogP contribution in [0.5, 0.6) is 0 Å². The second-order valence-corrected chi connectivity index (χ2v) is 5.74. The molecule has 1 N–H and O–H groups in total. The van der Waals surface area contributed by atoms with Crippen LogP contribution in [0.15, 0.2) is 0 Å². The van der Waals surface area contributed by atoms with Crippen molar-refractivity contribution in [2.24, 2.45) is 11.8 Å². The van der Waals surface area contributed by atoms with E-state index in [1.54, 1.807) is 20.8 Å². The fraction of sp³-hybridized carbons (Fsp3) is 0.846. The van der Waals surface area contributed by atoms with Crippen LogP contribution in [0.1, 0.15) is 33.6 Å². The molecule has 0 radical (unpaired) electrons. The Balaban J connectivity index is 2.26. The summed E-state index contributed by atoms with van der Waals surface area (Å²) in [6, 6.07) is 0. The van der Waals surface area contributed by atoms with E-state index in [4.69, 9.17) is 9.47 Å². The highest BCUT2D eigenvalue weighted by Gasteiger charge is 2.22. The van der Waals surface area contributed by atoms with Crippen LogP contribution in [0.4, 0.5) is 4.79 Å². The topological polar surface area (TPSA) is 64.6 Å². The lowest BCUT2D eigenvalue weighted by atomic mass is 9.95. The van der Waals surface area contributed by atoms with E-state index in [9.17, 15) is 9.59 Å². The molecule has 0 saturated carbocycles. The third kappa shape index (κ3) is 6.00. The molecule has 1 fully saturated rings. The summed E-state index contributed by atoms with van der Waals surface area (Å²) in [5.41, 5.74) is -0.514. The van der Waals surface area contributed by atoms with Crippen LogP contribution in [0.2, 0.25) is 0 Å². The molecule has 5 nitrogen and oxygen atoms in total. The molecule has 18 heavy (non-hydrogen) atoms. The van der Waals surface area contributed by atoms with Crippen LogP contribution in [-0.2, 0) is 14.3 Å². The van der Waals surface area contributed by atoms with Crippen LogP contribution < -0.4 is 5.32 Å². The maximum Gasteiger partial charge on any atom is 0.407 e. The number of carbonyl (C=O) groups excluding carboxylic acids is 2. The van der Waals surface area contributed by atoms with Gasteiger partial charge in [-0.15, -0.1) is 0 Å². The second-order valence-electron chi connectivity index (χ2n) is 5.74. The summed E-state index contributed by atoms with van der Waals surface area (Å²) < 4.78 is 10.4. The van der Waals surface area contributed by atoms with Crippen molar-refractivity contribution in [3.63, 3.8) is 0 Å². The Bertz CT molecular complexity index is 279. The first kappa shape index (κ1) is 15.0. The predicted octanol–water partition coefficient (Wildman–Crippen LogP) is 1.75. The van der Waals surface area contributed by atoms with Crippen molar-refractivity contribution in [1.82, 2.24) is 5.32 Å². The summed E-state index contributed by atoms with van der Waals surface area (Å²) in [6.07, 6.45) is 2.18. The Morgan fingerprint density at radius 1 is 1.56 bits per heavy atom. The van der Waals surface area contributed by atoms with Gasteiger partial charge in [0.25, 0.3) is 0 Å². The molecular weight excluding hydrogens is 234 g/mol. The van der Waals surface area contributed by atoms with Gasteiger partial charge in [-0.1, -0.05) is 0 Å². The second kappa shape index (κ2) is 6.73. The highest BCUT2D eigenvalue weighted by Crippen LogP contribution is 2.20. The van der Waals surface area contributed by atoms with Crippen LogP contribution in [-0.4, -0.2) is 37.7 Å². The van der Waals surface area contributed by atoms with Crippen molar-refractivity contribution >= 4 is 12.4 Å². The number of hydrogen-bond donors (Lipinski definition) is 1. The van der Waals surface area contributed by atoms with Crippen LogP contribution >= 0.6 is 0 Å². The molecule has 1 aliphatic rings. The average Bonchev–Trinajstić information content (AvgIpc) is 2.74. The largest absolute Gasteiger partial charge is 0.444 e. The molecule has 104 valence electrons. The number of amides is 1. The normalized spacial score (nSPS) is 21.4. The van der Waals surface area contributed by atoms with Gasteiger partial charge in [0.15, 0.2) is 0 Å². The van der Waals surface area contributed by atoms with Crippen LogP contribution in [0, 0.1) is 11.8 Å². The molecule has 0 unspecified atom stereocenters. The lowest BCUT2D eigenvalue weighted by Crippen LogP contribution is -2.36.